The molecule has 3 aliphatic rings. The third kappa shape index (κ3) is 3.26. The number of hydrogen-bond acceptors (Lipinski definition) is 5. The molecule has 3 aromatic carbocycles. The minimum absolute atomic E-state index is 0.202. The van der Waals surface area contributed by atoms with Crippen LogP contribution in [0.5, 0.6) is 5.75 Å². The van der Waals surface area contributed by atoms with E-state index in [-0.39, 0.29) is 17.6 Å². The molecule has 3 aliphatic heterocycles. The maximum Gasteiger partial charge on any atom is 0.240 e. The van der Waals surface area contributed by atoms with Crippen molar-refractivity contribution in [3.8, 4) is 5.75 Å². The van der Waals surface area contributed by atoms with E-state index >= 15 is 0 Å². The zero-order valence-electron chi connectivity index (χ0n) is 19.7. The summed E-state index contributed by atoms with van der Waals surface area (Å²) < 4.78 is 5.97. The zero-order valence-corrected chi connectivity index (χ0v) is 21.3. The van der Waals surface area contributed by atoms with Gasteiger partial charge in [0.1, 0.15) is 11.8 Å². The van der Waals surface area contributed by atoms with Crippen molar-refractivity contribution < 1.29 is 19.1 Å². The van der Waals surface area contributed by atoms with Gasteiger partial charge in [0.25, 0.3) is 0 Å². The van der Waals surface area contributed by atoms with E-state index < -0.39 is 23.9 Å². The molecule has 6 nitrogen and oxygen atoms in total. The number of imide groups is 1. The second-order valence-electron chi connectivity index (χ2n) is 9.39. The maximum absolute atomic E-state index is 14.0. The lowest BCUT2D eigenvalue weighted by Crippen LogP contribution is -2.44. The van der Waals surface area contributed by atoms with E-state index in [1.165, 1.54) is 4.90 Å². The molecule has 0 saturated carbocycles. The lowest BCUT2D eigenvalue weighted by atomic mass is 9.83. The molecule has 0 radical (unpaired) electrons. The minimum atomic E-state index is -0.809. The van der Waals surface area contributed by atoms with Gasteiger partial charge < -0.3 is 9.64 Å². The van der Waals surface area contributed by atoms with Crippen molar-refractivity contribution in [2.75, 3.05) is 12.0 Å². The zero-order chi connectivity index (χ0) is 25.1. The van der Waals surface area contributed by atoms with Crippen molar-refractivity contribution in [1.82, 2.24) is 4.90 Å². The van der Waals surface area contributed by atoms with Crippen molar-refractivity contribution >= 4 is 45.3 Å². The highest BCUT2D eigenvalue weighted by molar-refractivity contribution is 9.10. The molecule has 4 atom stereocenters. The second kappa shape index (κ2) is 8.45. The number of hydrogen-bond donors (Lipinski definition) is 0. The number of nitrogens with zero attached hydrogens (tertiary/aromatic N) is 2. The number of methoxy groups -OCH3 is 1. The van der Waals surface area contributed by atoms with Crippen LogP contribution in [0.3, 0.4) is 0 Å². The number of fused-ring (bicyclic) bond motifs is 5. The number of aryl methyl sites for hydroxylation is 1. The predicted molar refractivity (Wildman–Crippen MR) is 140 cm³/mol. The molecule has 0 N–H and O–H groups in total. The minimum Gasteiger partial charge on any atom is -0.496 e. The van der Waals surface area contributed by atoms with Gasteiger partial charge in [-0.3, -0.25) is 14.4 Å². The van der Waals surface area contributed by atoms with Gasteiger partial charge in [0.15, 0.2) is 5.78 Å². The molecule has 3 aromatic rings. The van der Waals surface area contributed by atoms with Crippen LogP contribution in [-0.4, -0.2) is 35.6 Å². The summed E-state index contributed by atoms with van der Waals surface area (Å²) in [6.07, 6.45) is 3.81. The monoisotopic (exact) mass is 542 g/mol. The first-order valence-electron chi connectivity index (χ1n) is 11.8. The van der Waals surface area contributed by atoms with E-state index in [9.17, 15) is 14.4 Å². The number of ether oxygens (including phenoxy) is 1. The Labute approximate surface area is 217 Å². The van der Waals surface area contributed by atoms with Crippen LogP contribution in [0, 0.1) is 18.8 Å². The van der Waals surface area contributed by atoms with Crippen LogP contribution >= 0.6 is 15.9 Å². The Morgan fingerprint density at radius 2 is 1.67 bits per heavy atom. The molecule has 2 fully saturated rings. The number of ketones is 1. The molecule has 36 heavy (non-hydrogen) atoms. The van der Waals surface area contributed by atoms with Crippen molar-refractivity contribution in [3.05, 3.63) is 99.7 Å². The number of amides is 2. The Hall–Kier alpha value is -3.71. The first-order valence-corrected chi connectivity index (χ1v) is 12.6. The smallest absolute Gasteiger partial charge is 0.240 e. The SMILES string of the molecule is COc1ccc(C(=O)[C@@H]2[C@@H]3C(=O)N(c4ccc(C)cc4)C(=O)[C@@H]3[C@@H]3c4ccccc4C=CN23)cc1Br. The summed E-state index contributed by atoms with van der Waals surface area (Å²) >= 11 is 3.46. The number of carbonyl (C=O) groups is 3. The molecule has 2 saturated heterocycles. The highest BCUT2D eigenvalue weighted by atomic mass is 79.9. The predicted octanol–water partition coefficient (Wildman–Crippen LogP) is 5.16. The molecule has 0 bridgehead atoms. The molecule has 180 valence electrons. The van der Waals surface area contributed by atoms with Gasteiger partial charge in [-0.25, -0.2) is 4.90 Å². The third-order valence-corrected chi connectivity index (χ3v) is 8.08. The molecule has 0 unspecified atom stereocenters. The van der Waals surface area contributed by atoms with Crippen LogP contribution in [-0.2, 0) is 9.59 Å². The summed E-state index contributed by atoms with van der Waals surface area (Å²) in [7, 11) is 1.56. The Morgan fingerprint density at radius 1 is 0.944 bits per heavy atom. The van der Waals surface area contributed by atoms with E-state index in [2.05, 4.69) is 15.9 Å². The first-order chi connectivity index (χ1) is 17.4. The number of carbonyl (C=O) groups excluding carboxylic acids is 3. The summed E-state index contributed by atoms with van der Waals surface area (Å²) in [6, 6.07) is 19.1. The molecule has 3 heterocycles. The van der Waals surface area contributed by atoms with Crippen LogP contribution < -0.4 is 9.64 Å². The Kier molecular flexibility index (Phi) is 5.34. The molecule has 0 aliphatic carbocycles. The fourth-order valence-corrected chi connectivity index (χ4v) is 6.34. The number of Topliss-reactive ketones (excluding diaryl/α,β-unsaturated/α-hetero) is 1. The maximum atomic E-state index is 14.0. The van der Waals surface area contributed by atoms with Crippen LogP contribution in [0.25, 0.3) is 6.08 Å². The van der Waals surface area contributed by atoms with Gasteiger partial charge >= 0.3 is 0 Å². The molecule has 2 amide bonds. The third-order valence-electron chi connectivity index (χ3n) is 7.46. The van der Waals surface area contributed by atoms with Crippen LogP contribution in [0.2, 0.25) is 0 Å². The average Bonchev–Trinajstić information content (AvgIpc) is 3.36. The lowest BCUT2D eigenvalue weighted by molar-refractivity contribution is -0.123. The molecular formula is C29H23BrN2O4. The normalized spacial score (nSPS) is 24.0. The standard InChI is InChI=1S/C29H23BrN2O4/c1-16-7-10-19(11-8-16)32-28(34)23-24(29(32)35)26(27(33)18-9-12-22(36-2)21(30)15-18)31-14-13-17-5-3-4-6-20(17)25(23)31/h3-15,23-26H,1-2H3/t23-,24+,25-,26-/m0/s1. The fraction of sp³-hybridized carbons (Fsp3) is 0.207. The lowest BCUT2D eigenvalue weighted by Gasteiger charge is -2.35. The summed E-state index contributed by atoms with van der Waals surface area (Å²) in [6.45, 7) is 1.96. The van der Waals surface area contributed by atoms with Crippen LogP contribution in [0.4, 0.5) is 5.69 Å². The van der Waals surface area contributed by atoms with Crippen LogP contribution in [0.15, 0.2) is 77.4 Å². The van der Waals surface area contributed by atoms with Crippen molar-refractivity contribution in [3.63, 3.8) is 0 Å². The van der Waals surface area contributed by atoms with Crippen molar-refractivity contribution in [1.29, 1.82) is 0 Å². The summed E-state index contributed by atoms with van der Waals surface area (Å²) in [5.41, 5.74) is 3.97. The molecule has 0 aromatic heterocycles. The summed E-state index contributed by atoms with van der Waals surface area (Å²) in [5, 5.41) is 0. The highest BCUT2D eigenvalue weighted by Crippen LogP contribution is 2.53. The van der Waals surface area contributed by atoms with E-state index in [4.69, 9.17) is 4.74 Å². The number of halogens is 1. The van der Waals surface area contributed by atoms with Gasteiger partial charge in [-0.05, 0) is 70.4 Å². The number of benzene rings is 3. The van der Waals surface area contributed by atoms with E-state index in [0.29, 0.717) is 21.5 Å². The van der Waals surface area contributed by atoms with Crippen molar-refractivity contribution in [2.24, 2.45) is 11.8 Å². The number of anilines is 1. The van der Waals surface area contributed by atoms with Gasteiger partial charge in [0.2, 0.25) is 11.8 Å². The van der Waals surface area contributed by atoms with Crippen LogP contribution in [0.1, 0.15) is 33.1 Å². The van der Waals surface area contributed by atoms with E-state index in [1.807, 2.05) is 60.5 Å². The second-order valence-corrected chi connectivity index (χ2v) is 10.2. The Morgan fingerprint density at radius 3 is 2.39 bits per heavy atom. The van der Waals surface area contributed by atoms with Gasteiger partial charge in [-0.2, -0.15) is 0 Å². The Balaban J connectivity index is 1.48. The molecular weight excluding hydrogens is 520 g/mol. The van der Waals surface area contributed by atoms with Gasteiger partial charge in [-0.15, -0.1) is 0 Å². The topological polar surface area (TPSA) is 66.9 Å². The molecule has 7 heteroatoms. The quantitative estimate of drug-likeness (QED) is 0.336. The Bertz CT molecular complexity index is 1450. The van der Waals surface area contributed by atoms with E-state index in [1.54, 1.807) is 37.4 Å². The van der Waals surface area contributed by atoms with Gasteiger partial charge in [0.05, 0.1) is 35.1 Å². The first kappa shape index (κ1) is 22.7. The van der Waals surface area contributed by atoms with E-state index in [0.717, 1.165) is 16.7 Å². The van der Waals surface area contributed by atoms with Gasteiger partial charge in [0, 0.05) is 11.8 Å². The summed E-state index contributed by atoms with van der Waals surface area (Å²) in [5.74, 6) is -1.65. The summed E-state index contributed by atoms with van der Waals surface area (Å²) in [4.78, 5) is 45.1. The average molecular weight is 543 g/mol. The van der Waals surface area contributed by atoms with Gasteiger partial charge in [-0.1, -0.05) is 42.0 Å². The molecule has 0 spiro atoms. The largest absolute Gasteiger partial charge is 0.496 e. The molecule has 6 rings (SSSR count). The number of rotatable bonds is 4. The van der Waals surface area contributed by atoms with Crippen molar-refractivity contribution in [2.45, 2.75) is 19.0 Å². The fourth-order valence-electron chi connectivity index (χ4n) is 5.80. The highest BCUT2D eigenvalue weighted by Gasteiger charge is 2.64.